The van der Waals surface area contributed by atoms with Crippen molar-refractivity contribution in [2.24, 2.45) is 17.6 Å². The van der Waals surface area contributed by atoms with Gasteiger partial charge in [0.05, 0.1) is 12.6 Å². The number of carbonyl (C=O) groups excluding carboxylic acids is 5. The molecule has 18 heteroatoms. The quantitative estimate of drug-likeness (QED) is 0.0643. The summed E-state index contributed by atoms with van der Waals surface area (Å²) in [6, 6.07) is 4.65. The first-order chi connectivity index (χ1) is 26.9. The predicted molar refractivity (Wildman–Crippen MR) is 207 cm³/mol. The lowest BCUT2D eigenvalue weighted by atomic mass is 9.97. The summed E-state index contributed by atoms with van der Waals surface area (Å²) in [5, 5.41) is 52.2. The van der Waals surface area contributed by atoms with E-state index in [0.717, 1.165) is 10.9 Å². The molecule has 0 bridgehead atoms. The van der Waals surface area contributed by atoms with E-state index in [9.17, 15) is 54.0 Å². The molecule has 1 heterocycles. The number of fused-ring (bicyclic) bond motifs is 1. The van der Waals surface area contributed by atoms with Crippen LogP contribution < -0.4 is 32.3 Å². The molecule has 0 unspecified atom stereocenters. The van der Waals surface area contributed by atoms with Crippen LogP contribution in [0.15, 0.2) is 54.7 Å². The molecular weight excluding hydrogens is 742 g/mol. The number of aromatic nitrogens is 1. The number of nitrogens with one attached hydrogen (secondary N) is 6. The summed E-state index contributed by atoms with van der Waals surface area (Å²) < 4.78 is 0. The second-order valence-electron chi connectivity index (χ2n) is 14.3. The maximum absolute atomic E-state index is 14.0. The van der Waals surface area contributed by atoms with E-state index in [0.29, 0.717) is 17.5 Å². The van der Waals surface area contributed by atoms with Gasteiger partial charge in [0.15, 0.2) is 0 Å². The van der Waals surface area contributed by atoms with Crippen LogP contribution in [0.2, 0.25) is 0 Å². The summed E-state index contributed by atoms with van der Waals surface area (Å²) in [6.07, 6.45) is 0.648. The SMILES string of the molecule is CC[C@H](C)[C@H](NC(=O)[C@H](CO)NC(=O)[C@@H](N)C(C)C)C(=O)N[C@@H](CCC(=O)O)C(=O)N[C@@H](Cc1c[nH]c2ccccc12)C(=O)N[C@@H](Cc1ccc(O)cc1)C(=O)O. The Hall–Kier alpha value is -6.01. The standard InChI is InChI=1S/C39H53N7O11/c1-5-21(4)33(46-36(53)30(19-47)45-37(54)32(40)20(2)3)38(55)42-27(14-15-31(49)50)34(51)43-28(17-23-18-41-26-9-7-6-8-25(23)26)35(52)44-29(39(56)57)16-22-10-12-24(48)13-11-22/h6-13,18,20-21,27-30,32-33,41,47-48H,5,14-17,19,40H2,1-4H3,(H,42,55)(H,43,51)(H,44,52)(H,45,54)(H,46,53)(H,49,50)(H,56,57)/t21-,27-,28-,29-,30-,32-,33-/m0/s1. The number of amides is 5. The molecule has 0 aliphatic heterocycles. The molecule has 0 saturated carbocycles. The van der Waals surface area contributed by atoms with E-state index < -0.39 is 103 Å². The largest absolute Gasteiger partial charge is 0.508 e. The van der Waals surface area contributed by atoms with E-state index in [4.69, 9.17) is 5.73 Å². The van der Waals surface area contributed by atoms with Gasteiger partial charge in [-0.05, 0) is 47.6 Å². The minimum absolute atomic E-state index is 0.0382. The lowest BCUT2D eigenvalue weighted by molar-refractivity contribution is -0.142. The van der Waals surface area contributed by atoms with E-state index >= 15 is 0 Å². The number of carboxylic acid groups (broad SMARTS) is 2. The number of rotatable bonds is 22. The van der Waals surface area contributed by atoms with E-state index in [-0.39, 0.29) is 24.5 Å². The number of carboxylic acids is 2. The molecule has 0 aliphatic carbocycles. The summed E-state index contributed by atoms with van der Waals surface area (Å²) in [4.78, 5) is 94.5. The number of nitrogens with two attached hydrogens (primary N) is 1. The monoisotopic (exact) mass is 795 g/mol. The Morgan fingerprint density at radius 2 is 1.30 bits per heavy atom. The van der Waals surface area contributed by atoms with Crippen molar-refractivity contribution in [3.05, 3.63) is 65.9 Å². The van der Waals surface area contributed by atoms with Crippen molar-refractivity contribution in [2.75, 3.05) is 6.61 Å². The molecule has 0 saturated heterocycles. The highest BCUT2D eigenvalue weighted by Gasteiger charge is 2.35. The van der Waals surface area contributed by atoms with Gasteiger partial charge >= 0.3 is 11.9 Å². The van der Waals surface area contributed by atoms with Crippen LogP contribution in [0.1, 0.15) is 58.1 Å². The first-order valence-corrected chi connectivity index (χ1v) is 18.6. The molecule has 5 amide bonds. The Morgan fingerprint density at radius 3 is 1.89 bits per heavy atom. The normalized spacial score (nSPS) is 14.9. The Labute approximate surface area is 329 Å². The van der Waals surface area contributed by atoms with Crippen LogP contribution in [-0.2, 0) is 46.4 Å². The number of hydrogen-bond donors (Lipinski definition) is 11. The third kappa shape index (κ3) is 13.3. The van der Waals surface area contributed by atoms with Crippen molar-refractivity contribution >= 4 is 52.4 Å². The van der Waals surface area contributed by atoms with Gasteiger partial charge in [0.1, 0.15) is 36.0 Å². The third-order valence-electron chi connectivity index (χ3n) is 9.63. The van der Waals surface area contributed by atoms with Crippen molar-refractivity contribution in [1.82, 2.24) is 31.6 Å². The number of aliphatic carboxylic acids is 2. The smallest absolute Gasteiger partial charge is 0.326 e. The molecule has 0 aliphatic rings. The zero-order valence-electron chi connectivity index (χ0n) is 32.3. The van der Waals surface area contributed by atoms with E-state index in [2.05, 4.69) is 31.6 Å². The molecule has 0 radical (unpaired) electrons. The van der Waals surface area contributed by atoms with Gasteiger partial charge in [-0.1, -0.05) is 64.4 Å². The van der Waals surface area contributed by atoms with Gasteiger partial charge in [-0.3, -0.25) is 28.8 Å². The van der Waals surface area contributed by atoms with Gasteiger partial charge in [0.25, 0.3) is 0 Å². The highest BCUT2D eigenvalue weighted by atomic mass is 16.4. The number of para-hydroxylation sites is 1. The van der Waals surface area contributed by atoms with Crippen molar-refractivity contribution in [2.45, 2.75) is 96.1 Å². The van der Waals surface area contributed by atoms with Crippen LogP contribution in [0.3, 0.4) is 0 Å². The van der Waals surface area contributed by atoms with Crippen molar-refractivity contribution in [3.63, 3.8) is 0 Å². The predicted octanol–water partition coefficient (Wildman–Crippen LogP) is 0.0538. The highest BCUT2D eigenvalue weighted by molar-refractivity contribution is 5.97. The maximum Gasteiger partial charge on any atom is 0.326 e. The number of phenolic OH excluding ortho intramolecular Hbond substituents is 1. The Morgan fingerprint density at radius 1 is 0.719 bits per heavy atom. The zero-order chi connectivity index (χ0) is 42.4. The highest BCUT2D eigenvalue weighted by Crippen LogP contribution is 2.20. The lowest BCUT2D eigenvalue weighted by Crippen LogP contribution is -2.61. The van der Waals surface area contributed by atoms with Crippen molar-refractivity contribution in [1.29, 1.82) is 0 Å². The van der Waals surface area contributed by atoms with E-state index in [1.54, 1.807) is 58.2 Å². The molecule has 310 valence electrons. The molecule has 12 N–H and O–H groups in total. The van der Waals surface area contributed by atoms with Crippen LogP contribution >= 0.6 is 0 Å². The van der Waals surface area contributed by atoms with E-state index in [1.807, 2.05) is 0 Å². The molecule has 1 aromatic heterocycles. The van der Waals surface area contributed by atoms with Crippen LogP contribution in [0.4, 0.5) is 0 Å². The van der Waals surface area contributed by atoms with Gasteiger partial charge in [0, 0.05) is 36.4 Å². The number of carbonyl (C=O) groups is 7. The van der Waals surface area contributed by atoms with Crippen LogP contribution in [0, 0.1) is 11.8 Å². The lowest BCUT2D eigenvalue weighted by Gasteiger charge is -2.29. The number of aromatic hydroxyl groups is 1. The Bertz CT molecular complexity index is 1880. The summed E-state index contributed by atoms with van der Waals surface area (Å²) in [7, 11) is 0. The molecule has 3 aromatic rings. The minimum Gasteiger partial charge on any atom is -0.508 e. The summed E-state index contributed by atoms with van der Waals surface area (Å²) in [5.74, 6) is -7.89. The molecule has 2 aromatic carbocycles. The van der Waals surface area contributed by atoms with Gasteiger partial charge < -0.3 is 57.7 Å². The summed E-state index contributed by atoms with van der Waals surface area (Å²) in [5.41, 5.74) is 7.67. The zero-order valence-corrected chi connectivity index (χ0v) is 32.3. The molecule has 18 nitrogen and oxygen atoms in total. The van der Waals surface area contributed by atoms with Gasteiger partial charge in [-0.2, -0.15) is 0 Å². The Balaban J connectivity index is 1.90. The van der Waals surface area contributed by atoms with Crippen LogP contribution in [-0.4, -0.2) is 110 Å². The first-order valence-electron chi connectivity index (χ1n) is 18.6. The van der Waals surface area contributed by atoms with Crippen molar-refractivity contribution < 1.29 is 54.0 Å². The van der Waals surface area contributed by atoms with Gasteiger partial charge in [0.2, 0.25) is 29.5 Å². The number of aliphatic hydroxyl groups excluding tert-OH is 1. The number of aromatic amines is 1. The molecule has 0 fully saturated rings. The van der Waals surface area contributed by atoms with Crippen molar-refractivity contribution in [3.8, 4) is 5.75 Å². The number of hydrogen-bond acceptors (Lipinski definition) is 10. The second-order valence-corrected chi connectivity index (χ2v) is 14.3. The fourth-order valence-corrected chi connectivity index (χ4v) is 5.86. The average molecular weight is 796 g/mol. The average Bonchev–Trinajstić information content (AvgIpc) is 3.58. The van der Waals surface area contributed by atoms with E-state index in [1.165, 1.54) is 24.3 Å². The molecule has 3 rings (SSSR count). The number of benzene rings is 2. The second kappa shape index (κ2) is 21.3. The molecule has 7 atom stereocenters. The molecular formula is C39H53N7O11. The third-order valence-corrected chi connectivity index (χ3v) is 9.63. The van der Waals surface area contributed by atoms with Gasteiger partial charge in [-0.25, -0.2) is 4.79 Å². The van der Waals surface area contributed by atoms with Crippen LogP contribution in [0.25, 0.3) is 10.9 Å². The number of H-pyrrole nitrogens is 1. The summed E-state index contributed by atoms with van der Waals surface area (Å²) >= 11 is 0. The van der Waals surface area contributed by atoms with Crippen LogP contribution in [0.5, 0.6) is 5.75 Å². The molecule has 0 spiro atoms. The Kier molecular flexibility index (Phi) is 17.0. The van der Waals surface area contributed by atoms with Gasteiger partial charge in [-0.15, -0.1) is 0 Å². The molecule has 57 heavy (non-hydrogen) atoms. The minimum atomic E-state index is -1.56. The fraction of sp³-hybridized carbons (Fsp3) is 0.462. The number of phenols is 1. The number of aliphatic hydroxyl groups is 1. The fourth-order valence-electron chi connectivity index (χ4n) is 5.86. The first kappa shape index (κ1) is 45.4. The topological polar surface area (TPSA) is 302 Å². The summed E-state index contributed by atoms with van der Waals surface area (Å²) in [6.45, 7) is 5.94. The maximum atomic E-state index is 14.0.